The number of nitrogens with zero attached hydrogens (tertiary/aromatic N) is 10. The van der Waals surface area contributed by atoms with E-state index in [2.05, 4.69) is 431 Å². The summed E-state index contributed by atoms with van der Waals surface area (Å²) in [6, 6.07) is 123. The summed E-state index contributed by atoms with van der Waals surface area (Å²) in [4.78, 5) is 0. The van der Waals surface area contributed by atoms with E-state index >= 15 is 8.78 Å². The fourth-order valence-electron chi connectivity index (χ4n) is 22.8. The average Bonchev–Trinajstić information content (AvgIpc) is 1.57. The van der Waals surface area contributed by atoms with Crippen LogP contribution >= 0.6 is 0 Å². The van der Waals surface area contributed by atoms with Gasteiger partial charge in [0, 0.05) is 106 Å². The van der Waals surface area contributed by atoms with Crippen molar-refractivity contribution < 1.29 is 31.6 Å². The van der Waals surface area contributed by atoms with E-state index in [0.717, 1.165) is 87.2 Å². The van der Waals surface area contributed by atoms with Crippen molar-refractivity contribution in [2.75, 3.05) is 0 Å². The molecule has 0 unspecified atom stereocenters. The Morgan fingerprint density at radius 1 is 0.236 bits per heavy atom. The first-order chi connectivity index (χ1) is 68.2. The van der Waals surface area contributed by atoms with Gasteiger partial charge in [0.05, 0.1) is 67.1 Å². The van der Waals surface area contributed by atoms with Crippen molar-refractivity contribution in [2.24, 2.45) is 0 Å². The number of aromatic nitrogens is 10. The number of halogens is 2. The zero-order valence-corrected chi connectivity index (χ0v) is 82.0. The first-order valence-electron chi connectivity index (χ1n) is 49.6. The lowest BCUT2D eigenvalue weighted by molar-refractivity contribution is -0.672. The summed E-state index contributed by atoms with van der Waals surface area (Å²) in [5, 5.41) is 4.09. The topological polar surface area (TPSA) is 44.0 Å². The van der Waals surface area contributed by atoms with Gasteiger partial charge in [-0.2, -0.15) is 31.6 Å². The Balaban J connectivity index is 0.000000101. The van der Waals surface area contributed by atoms with Crippen molar-refractivity contribution in [3.05, 3.63) is 467 Å². The lowest BCUT2D eigenvalue weighted by Crippen LogP contribution is -2.31. The Morgan fingerprint density at radius 2 is 0.543 bits per heavy atom. The minimum Gasteiger partial charge on any atom is -0.303 e. The molecule has 0 N–H and O–H groups in total. The molecule has 26 rings (SSSR count). The molecule has 10 nitrogen and oxygen atoms in total. The van der Waals surface area contributed by atoms with E-state index in [-0.39, 0.29) is 23.7 Å². The van der Waals surface area contributed by atoms with Gasteiger partial charge in [0.2, 0.25) is 28.5 Å². The number of benzene rings is 11. The fraction of sp³-hybridized carbons (Fsp3) is 0.180. The molecule has 0 saturated carbocycles. The highest BCUT2D eigenvalue weighted by atomic mass is 19.1. The van der Waals surface area contributed by atoms with E-state index in [9.17, 15) is 0 Å². The number of aryl methyl sites for hydroxylation is 3. The Bertz CT molecular complexity index is 8240. The lowest BCUT2D eigenvalue weighted by atomic mass is 9.88. The molecule has 0 bridgehead atoms. The van der Waals surface area contributed by atoms with Crippen LogP contribution in [0.3, 0.4) is 0 Å². The van der Waals surface area contributed by atoms with Crippen LogP contribution in [0, 0.1) is 32.7 Å². The summed E-state index contributed by atoms with van der Waals surface area (Å²) in [5.41, 5.74) is 45.2. The summed E-state index contributed by atoms with van der Waals surface area (Å²) in [7, 11) is 0. The summed E-state index contributed by atoms with van der Waals surface area (Å²) < 4.78 is 53.8. The zero-order chi connectivity index (χ0) is 96.0. The van der Waals surface area contributed by atoms with Crippen LogP contribution in [0.1, 0.15) is 171 Å². The summed E-state index contributed by atoms with van der Waals surface area (Å²) >= 11 is 0. The molecule has 15 heterocycles. The molecule has 11 aromatic carbocycles. The maximum atomic E-state index is 15.6. The van der Waals surface area contributed by atoms with Crippen LogP contribution in [0.25, 0.3) is 151 Å². The van der Waals surface area contributed by atoms with E-state index in [0.29, 0.717) is 30.8 Å². The van der Waals surface area contributed by atoms with Crippen LogP contribution in [-0.4, -0.2) is 22.8 Å². The van der Waals surface area contributed by atoms with Crippen LogP contribution in [0.2, 0.25) is 0 Å². The molecule has 0 saturated heterocycles. The first-order valence-corrected chi connectivity index (χ1v) is 49.6. The molecule has 0 radical (unpaired) electrons. The van der Waals surface area contributed by atoms with E-state index < -0.39 is 0 Å². The smallest absolute Gasteiger partial charge is 0.230 e. The molecule has 140 heavy (non-hydrogen) atoms. The minimum absolute atomic E-state index is 0.184. The van der Waals surface area contributed by atoms with Crippen LogP contribution in [0.5, 0.6) is 0 Å². The number of hydrogen-bond acceptors (Lipinski definition) is 0. The van der Waals surface area contributed by atoms with Crippen molar-refractivity contribution in [3.63, 3.8) is 0 Å². The SMILES string of the molecule is CC(C)c1cc(-c2ccccc2)cc(C(C)C)c1-n1c(F)cc2c1-c1cccc[n+]1C2.CC(C)c1cccc(C(C)C)c1-n1c2c(c3ccccc31)C[n+]1ccccc1-2.CC(C)c1ccccc1-n1c2c(c3ccccc31)C[n+]1ccccc1-2.Cc1cc(C)c(-n2c3c(c4ccccc42)C[n+]2ccccc2-3)c(C)c1.Fc1cc2c(n1-c1c(-c3ccccc3)cccc1-c1ccccc1)-c1cccc[n+]1C2. The predicted molar refractivity (Wildman–Crippen MR) is 566 cm³/mol. The van der Waals surface area contributed by atoms with Gasteiger partial charge >= 0.3 is 0 Å². The van der Waals surface area contributed by atoms with Crippen LogP contribution in [0.4, 0.5) is 8.78 Å². The molecule has 0 atom stereocenters. The van der Waals surface area contributed by atoms with Crippen LogP contribution < -0.4 is 22.8 Å². The molecule has 0 aliphatic carbocycles. The number of hydrogen-bond donors (Lipinski definition) is 0. The Morgan fingerprint density at radius 3 is 0.950 bits per heavy atom. The summed E-state index contributed by atoms with van der Waals surface area (Å²) in [5.74, 6) is 1.52. The number of para-hydroxylation sites is 6. The van der Waals surface area contributed by atoms with E-state index in [4.69, 9.17) is 0 Å². The Labute approximate surface area is 819 Å². The largest absolute Gasteiger partial charge is 0.303 e. The van der Waals surface area contributed by atoms with Gasteiger partial charge in [-0.3, -0.25) is 9.13 Å². The lowest BCUT2D eigenvalue weighted by Gasteiger charge is -2.23. The molecular formula is C128H117F2N10+5. The Kier molecular flexibility index (Phi) is 23.6. The second-order valence-corrected chi connectivity index (χ2v) is 39.6. The summed E-state index contributed by atoms with van der Waals surface area (Å²) in [6.07, 6.45) is 10.7. The monoisotopic (exact) mass is 1830 g/mol. The summed E-state index contributed by atoms with van der Waals surface area (Å²) in [6.45, 7) is 33.4. The quantitative estimate of drug-likeness (QED) is 0.103. The van der Waals surface area contributed by atoms with Gasteiger partial charge in [0.1, 0.15) is 28.5 Å². The van der Waals surface area contributed by atoms with Crippen LogP contribution in [-0.2, 0) is 32.7 Å². The van der Waals surface area contributed by atoms with Gasteiger partial charge in [-0.25, -0.2) is 0 Å². The van der Waals surface area contributed by atoms with E-state index in [1.165, 1.54) is 156 Å². The molecule has 5 aliphatic rings. The van der Waals surface area contributed by atoms with Crippen molar-refractivity contribution in [1.29, 1.82) is 0 Å². The first kappa shape index (κ1) is 89.4. The van der Waals surface area contributed by atoms with Gasteiger partial charge < -0.3 is 13.7 Å². The van der Waals surface area contributed by atoms with Crippen molar-refractivity contribution in [1.82, 2.24) is 22.8 Å². The van der Waals surface area contributed by atoms with Crippen molar-refractivity contribution in [2.45, 2.75) is 152 Å². The third-order valence-electron chi connectivity index (χ3n) is 29.0. The van der Waals surface area contributed by atoms with Gasteiger partial charge in [0.25, 0.3) is 0 Å². The highest BCUT2D eigenvalue weighted by Gasteiger charge is 2.41. The van der Waals surface area contributed by atoms with Gasteiger partial charge in [-0.05, 0) is 178 Å². The van der Waals surface area contributed by atoms with Crippen molar-refractivity contribution >= 4 is 32.7 Å². The molecule has 0 spiro atoms. The minimum atomic E-state index is -0.235. The van der Waals surface area contributed by atoms with Gasteiger partial charge in [-0.1, -0.05) is 287 Å². The second kappa shape index (κ2) is 36.9. The fourth-order valence-corrected chi connectivity index (χ4v) is 22.8. The standard InChI is InChI=1S/C28H20FN2.C28H28FN2.C26H27N2.2C23H21N2/c29-26-18-22-19-30-17-8-7-16-25(30)27(22)31(26)28-23(20-10-3-1-4-11-20)14-9-15-24(28)21-12-5-2-6-13-21;1-18(2)23-14-21(20-10-6-5-7-11-20)15-24(19(3)4)28(23)31-26(29)16-22-17-30-13-9-8-12-25(30)27(22)31;1-17(2)19-11-9-12-20(18(3)4)25(19)28-23-13-6-5-10-21(23)22-16-27-15-8-7-14-24(27)26(22)28;1-15-12-16(2)22(17(3)13-15)25-20-9-5-4-8-18(20)19-14-24-11-7-6-10-21(24)23(19)25;1-16(2)17-9-3-5-11-20(17)25-21-12-6-4-10-18(21)19-15-24-14-8-7-13-22(24)23(19)25/h1-18H,19H2;5-16,18-19H,17H2,1-4H3;5-15,17-18H,16H2,1-4H3;4-13H,14H2,1-3H3;3-14,16H,15H2,1-2H3/q5*+1. The molecule has 0 amide bonds. The zero-order valence-electron chi connectivity index (χ0n) is 82.0. The predicted octanol–water partition coefficient (Wildman–Crippen LogP) is 29.2. The third kappa shape index (κ3) is 15.6. The molecular weight excluding hydrogens is 1720 g/mol. The average molecular weight is 1830 g/mol. The maximum absolute atomic E-state index is 15.6. The highest BCUT2D eigenvalue weighted by molar-refractivity contribution is 5.97. The molecule has 0 fully saturated rings. The molecule has 10 aromatic heterocycles. The molecule has 21 aromatic rings. The molecule has 5 aliphatic heterocycles. The number of fused-ring (bicyclic) bond motifs is 21. The van der Waals surface area contributed by atoms with Gasteiger partial charge in [0.15, 0.2) is 75.6 Å². The number of pyridine rings is 5. The van der Waals surface area contributed by atoms with E-state index in [1.54, 1.807) is 16.7 Å². The van der Waals surface area contributed by atoms with E-state index in [1.807, 2.05) is 71.3 Å². The highest BCUT2D eigenvalue weighted by Crippen LogP contribution is 2.49. The molecule has 688 valence electrons. The third-order valence-corrected chi connectivity index (χ3v) is 29.0. The Hall–Kier alpha value is -15.8. The van der Waals surface area contributed by atoms with Crippen molar-refractivity contribution in [3.8, 4) is 119 Å². The second-order valence-electron chi connectivity index (χ2n) is 39.6. The normalized spacial score (nSPS) is 12.4. The number of rotatable bonds is 13. The molecule has 12 heteroatoms. The van der Waals surface area contributed by atoms with Gasteiger partial charge in [-0.15, -0.1) is 0 Å². The maximum Gasteiger partial charge on any atom is 0.230 e. The van der Waals surface area contributed by atoms with Crippen LogP contribution in [0.15, 0.2) is 383 Å².